The molecule has 2 heterocycles. The van der Waals surface area contributed by atoms with Crippen LogP contribution in [0.2, 0.25) is 0 Å². The lowest BCUT2D eigenvalue weighted by Crippen LogP contribution is -2.44. The summed E-state index contributed by atoms with van der Waals surface area (Å²) >= 11 is 0. The Hall–Kier alpha value is -2.37. The van der Waals surface area contributed by atoms with Gasteiger partial charge in [-0.2, -0.15) is 0 Å². The number of benzene rings is 1. The van der Waals surface area contributed by atoms with Crippen molar-refractivity contribution in [3.05, 3.63) is 28.8 Å². The number of likely N-dealkylation sites (tertiary alicyclic amines) is 1. The molecule has 1 N–H and O–H groups in total. The van der Waals surface area contributed by atoms with Gasteiger partial charge in [0.2, 0.25) is 11.8 Å². The molecule has 2 saturated heterocycles. The van der Waals surface area contributed by atoms with Gasteiger partial charge in [-0.3, -0.25) is 9.59 Å². The van der Waals surface area contributed by atoms with Gasteiger partial charge >= 0.3 is 5.97 Å². The zero-order chi connectivity index (χ0) is 18.3. The molecule has 2 atom stereocenters. The number of carbonyl (C=O) groups is 3. The van der Waals surface area contributed by atoms with Crippen LogP contribution in [0.1, 0.15) is 36.0 Å². The van der Waals surface area contributed by atoms with Crippen molar-refractivity contribution in [3.63, 3.8) is 0 Å². The minimum Gasteiger partial charge on any atom is -0.480 e. The monoisotopic (exact) mass is 344 g/mol. The maximum absolute atomic E-state index is 12.8. The Morgan fingerprint density at radius 2 is 1.80 bits per heavy atom. The number of hydrogen-bond donors (Lipinski definition) is 1. The van der Waals surface area contributed by atoms with Crippen LogP contribution in [-0.4, -0.2) is 46.9 Å². The summed E-state index contributed by atoms with van der Waals surface area (Å²) in [4.78, 5) is 39.8. The second-order valence-corrected chi connectivity index (χ2v) is 7.18. The lowest BCUT2D eigenvalue weighted by Gasteiger charge is -2.25. The van der Waals surface area contributed by atoms with Crippen molar-refractivity contribution in [2.45, 2.75) is 46.1 Å². The molecule has 0 bridgehead atoms. The second kappa shape index (κ2) is 6.50. The minimum absolute atomic E-state index is 0.0699. The molecule has 0 radical (unpaired) electrons. The largest absolute Gasteiger partial charge is 0.480 e. The molecule has 1 unspecified atom stereocenters. The molecule has 1 aromatic rings. The molecule has 6 heteroatoms. The molecule has 1 aromatic carbocycles. The van der Waals surface area contributed by atoms with Crippen molar-refractivity contribution in [2.75, 3.05) is 18.0 Å². The molecule has 2 fully saturated rings. The van der Waals surface area contributed by atoms with Crippen LogP contribution in [0.15, 0.2) is 12.1 Å². The van der Waals surface area contributed by atoms with Gasteiger partial charge < -0.3 is 14.9 Å². The highest BCUT2D eigenvalue weighted by atomic mass is 16.4. The van der Waals surface area contributed by atoms with Crippen LogP contribution in [-0.2, 0) is 14.4 Å². The fraction of sp³-hybridized carbons (Fsp3) is 0.526. The zero-order valence-electron chi connectivity index (χ0n) is 14.9. The van der Waals surface area contributed by atoms with E-state index in [1.54, 1.807) is 4.90 Å². The molecule has 0 saturated carbocycles. The van der Waals surface area contributed by atoms with Crippen molar-refractivity contribution in [3.8, 4) is 0 Å². The summed E-state index contributed by atoms with van der Waals surface area (Å²) in [6, 6.07) is 3.32. The van der Waals surface area contributed by atoms with Crippen LogP contribution >= 0.6 is 0 Å². The fourth-order valence-corrected chi connectivity index (χ4v) is 4.21. The SMILES string of the molecule is Cc1cc(C)c(N2CC(C(=O)N3CCC[C@H]3C(=O)O)CC2=O)c(C)c1. The number of aryl methyl sites for hydroxylation is 3. The first-order valence-corrected chi connectivity index (χ1v) is 8.71. The van der Waals surface area contributed by atoms with Gasteiger partial charge in [-0.05, 0) is 44.7 Å². The number of hydrogen-bond acceptors (Lipinski definition) is 3. The molecule has 0 aliphatic carbocycles. The Morgan fingerprint density at radius 1 is 1.16 bits per heavy atom. The first kappa shape index (κ1) is 17.5. The topological polar surface area (TPSA) is 77.9 Å². The quantitative estimate of drug-likeness (QED) is 0.910. The number of aliphatic carboxylic acids is 1. The summed E-state index contributed by atoms with van der Waals surface area (Å²) in [5, 5.41) is 9.28. The van der Waals surface area contributed by atoms with E-state index >= 15 is 0 Å². The molecule has 2 aliphatic rings. The molecule has 2 amide bonds. The van der Waals surface area contributed by atoms with Crippen LogP contribution < -0.4 is 4.90 Å². The van der Waals surface area contributed by atoms with Gasteiger partial charge in [0.1, 0.15) is 6.04 Å². The highest BCUT2D eigenvalue weighted by Gasteiger charge is 2.42. The molecule has 25 heavy (non-hydrogen) atoms. The van der Waals surface area contributed by atoms with Crippen molar-refractivity contribution in [1.29, 1.82) is 0 Å². The van der Waals surface area contributed by atoms with E-state index in [0.717, 1.165) is 22.4 Å². The van der Waals surface area contributed by atoms with Crippen molar-refractivity contribution >= 4 is 23.5 Å². The van der Waals surface area contributed by atoms with Crippen molar-refractivity contribution < 1.29 is 19.5 Å². The Labute approximate surface area is 147 Å². The molecular formula is C19H24N2O4. The Morgan fingerprint density at radius 3 is 2.40 bits per heavy atom. The lowest BCUT2D eigenvalue weighted by atomic mass is 10.0. The van der Waals surface area contributed by atoms with E-state index in [0.29, 0.717) is 25.9 Å². The molecule has 0 aromatic heterocycles. The zero-order valence-corrected chi connectivity index (χ0v) is 14.9. The van der Waals surface area contributed by atoms with E-state index in [1.165, 1.54) is 4.90 Å². The lowest BCUT2D eigenvalue weighted by molar-refractivity contribution is -0.149. The van der Waals surface area contributed by atoms with E-state index in [4.69, 9.17) is 0 Å². The molecule has 6 nitrogen and oxygen atoms in total. The van der Waals surface area contributed by atoms with Crippen LogP contribution in [0.25, 0.3) is 0 Å². The number of rotatable bonds is 3. The summed E-state index contributed by atoms with van der Waals surface area (Å²) in [6.45, 7) is 6.74. The number of amides is 2. The van der Waals surface area contributed by atoms with Crippen LogP contribution in [0.4, 0.5) is 5.69 Å². The Kier molecular flexibility index (Phi) is 4.54. The second-order valence-electron chi connectivity index (χ2n) is 7.18. The smallest absolute Gasteiger partial charge is 0.326 e. The van der Waals surface area contributed by atoms with Gasteiger partial charge in [0.05, 0.1) is 5.92 Å². The van der Waals surface area contributed by atoms with Gasteiger partial charge in [0.25, 0.3) is 0 Å². The highest BCUT2D eigenvalue weighted by Crippen LogP contribution is 2.33. The van der Waals surface area contributed by atoms with Crippen LogP contribution in [0, 0.1) is 26.7 Å². The molecule has 3 rings (SSSR count). The van der Waals surface area contributed by atoms with Gasteiger partial charge in [0.15, 0.2) is 0 Å². The summed E-state index contributed by atoms with van der Waals surface area (Å²) < 4.78 is 0. The normalized spacial score (nSPS) is 23.4. The number of anilines is 1. The first-order valence-electron chi connectivity index (χ1n) is 8.71. The maximum Gasteiger partial charge on any atom is 0.326 e. The van der Waals surface area contributed by atoms with Gasteiger partial charge in [-0.25, -0.2) is 4.79 Å². The Bertz CT molecular complexity index is 720. The number of carboxylic acids is 1. The summed E-state index contributed by atoms with van der Waals surface area (Å²) in [5.74, 6) is -1.70. The molecule has 2 aliphatic heterocycles. The highest BCUT2D eigenvalue weighted by molar-refractivity contribution is 6.02. The van der Waals surface area contributed by atoms with Crippen molar-refractivity contribution in [2.24, 2.45) is 5.92 Å². The third kappa shape index (κ3) is 3.13. The summed E-state index contributed by atoms with van der Waals surface area (Å²) in [5.41, 5.74) is 4.05. The average Bonchev–Trinajstić information content (AvgIpc) is 3.13. The average molecular weight is 344 g/mol. The fourth-order valence-electron chi connectivity index (χ4n) is 4.21. The molecule has 134 valence electrons. The standard InChI is InChI=1S/C19H24N2O4/c1-11-7-12(2)17(13(3)8-11)21-10-14(9-16(21)22)18(23)20-6-4-5-15(20)19(24)25/h7-8,14-15H,4-6,9-10H2,1-3H3,(H,24,25)/t14?,15-/m0/s1. The van der Waals surface area contributed by atoms with E-state index in [2.05, 4.69) is 0 Å². The Balaban J connectivity index is 1.81. The van der Waals surface area contributed by atoms with Crippen LogP contribution in [0.5, 0.6) is 0 Å². The first-order chi connectivity index (χ1) is 11.8. The molecular weight excluding hydrogens is 320 g/mol. The minimum atomic E-state index is -0.961. The predicted molar refractivity (Wildman–Crippen MR) is 93.5 cm³/mol. The van der Waals surface area contributed by atoms with Gasteiger partial charge in [-0.1, -0.05) is 17.7 Å². The number of carboxylic acid groups (broad SMARTS) is 1. The van der Waals surface area contributed by atoms with E-state index in [9.17, 15) is 19.5 Å². The molecule has 0 spiro atoms. The number of nitrogens with zero attached hydrogens (tertiary/aromatic N) is 2. The number of carbonyl (C=O) groups excluding carboxylic acids is 2. The summed E-state index contributed by atoms with van der Waals surface area (Å²) in [6.07, 6.45) is 1.33. The third-order valence-electron chi connectivity index (χ3n) is 5.20. The van der Waals surface area contributed by atoms with Crippen LogP contribution in [0.3, 0.4) is 0 Å². The maximum atomic E-state index is 12.8. The van der Waals surface area contributed by atoms with E-state index in [1.807, 2.05) is 32.9 Å². The van der Waals surface area contributed by atoms with E-state index in [-0.39, 0.29) is 18.2 Å². The van der Waals surface area contributed by atoms with E-state index < -0.39 is 17.9 Å². The predicted octanol–water partition coefficient (Wildman–Crippen LogP) is 2.04. The van der Waals surface area contributed by atoms with Gasteiger partial charge in [-0.15, -0.1) is 0 Å². The van der Waals surface area contributed by atoms with Crippen molar-refractivity contribution in [1.82, 2.24) is 4.90 Å². The summed E-state index contributed by atoms with van der Waals surface area (Å²) in [7, 11) is 0. The van der Waals surface area contributed by atoms with Gasteiger partial charge in [0, 0.05) is 25.2 Å². The third-order valence-corrected chi connectivity index (χ3v) is 5.20.